The lowest BCUT2D eigenvalue weighted by Gasteiger charge is -2.40. The third kappa shape index (κ3) is 33.1. The number of rotatable bonds is 45. The molecular weight excluding hydrogens is 767 g/mol. The van der Waals surface area contributed by atoms with Gasteiger partial charge in [0.25, 0.3) is 0 Å². The van der Waals surface area contributed by atoms with Gasteiger partial charge >= 0.3 is 0 Å². The minimum absolute atomic E-state index is 0.135. The highest BCUT2D eigenvalue weighted by Gasteiger charge is 2.44. The van der Waals surface area contributed by atoms with E-state index in [4.69, 9.17) is 9.47 Å². The zero-order chi connectivity index (χ0) is 44.4. The molecule has 0 bridgehead atoms. The maximum atomic E-state index is 13.0. The Morgan fingerprint density at radius 1 is 0.541 bits per heavy atom. The number of nitrogens with one attached hydrogen (secondary N) is 1. The number of carbonyl (C=O) groups excluding carboxylic acids is 1. The first-order valence-electron chi connectivity index (χ1n) is 26.4. The first kappa shape index (κ1) is 57.9. The molecule has 1 rings (SSSR count). The van der Waals surface area contributed by atoms with E-state index in [1.807, 2.05) is 0 Å². The number of allylic oxidation sites excluding steroid dienone is 2. The summed E-state index contributed by atoms with van der Waals surface area (Å²) in [4.78, 5) is 13.0. The zero-order valence-electron chi connectivity index (χ0n) is 39.9. The molecule has 0 spiro atoms. The summed E-state index contributed by atoms with van der Waals surface area (Å²) in [5.74, 6) is -0.144. The molecule has 7 atom stereocenters. The third-order valence-corrected chi connectivity index (χ3v) is 12.9. The van der Waals surface area contributed by atoms with E-state index in [-0.39, 0.29) is 12.5 Å². The van der Waals surface area contributed by atoms with Crippen LogP contribution in [-0.2, 0) is 14.3 Å². The van der Waals surface area contributed by atoms with Crippen LogP contribution in [0.15, 0.2) is 12.2 Å². The van der Waals surface area contributed by atoms with Crippen LogP contribution in [-0.4, -0.2) is 87.5 Å². The smallest absolute Gasteiger partial charge is 0.220 e. The SMILES string of the molecule is CCCCCCCCCCCCCC/C=C\CCCCCCCCCCC(=O)NC(COC1OC(CO)C(O)C(O)C1O)C(O)CCCCCCCCCCCCCCCC. The van der Waals surface area contributed by atoms with Crippen molar-refractivity contribution in [2.75, 3.05) is 13.2 Å². The lowest BCUT2D eigenvalue weighted by molar-refractivity contribution is -0.302. The quantitative estimate of drug-likeness (QED) is 0.0262. The van der Waals surface area contributed by atoms with Gasteiger partial charge in [-0.3, -0.25) is 4.79 Å². The zero-order valence-corrected chi connectivity index (χ0v) is 39.9. The topological polar surface area (TPSA) is 149 Å². The predicted octanol–water partition coefficient (Wildman–Crippen LogP) is 12.1. The Hall–Kier alpha value is -1.07. The van der Waals surface area contributed by atoms with E-state index in [0.29, 0.717) is 12.8 Å². The highest BCUT2D eigenvalue weighted by molar-refractivity contribution is 5.76. The van der Waals surface area contributed by atoms with Gasteiger partial charge < -0.3 is 40.3 Å². The molecule has 1 fully saturated rings. The fraction of sp³-hybridized carbons (Fsp3) is 0.942. The van der Waals surface area contributed by atoms with Crippen LogP contribution in [0.5, 0.6) is 0 Å². The number of hydrogen-bond donors (Lipinski definition) is 6. The van der Waals surface area contributed by atoms with Gasteiger partial charge in [-0.2, -0.15) is 0 Å². The van der Waals surface area contributed by atoms with Crippen molar-refractivity contribution >= 4 is 5.91 Å². The van der Waals surface area contributed by atoms with E-state index in [0.717, 1.165) is 38.5 Å². The van der Waals surface area contributed by atoms with Crippen LogP contribution in [0.3, 0.4) is 0 Å². The van der Waals surface area contributed by atoms with Gasteiger partial charge in [-0.15, -0.1) is 0 Å². The molecule has 0 saturated carbocycles. The molecule has 362 valence electrons. The van der Waals surface area contributed by atoms with Crippen molar-refractivity contribution < 1.29 is 39.8 Å². The number of unbranched alkanes of at least 4 members (excludes halogenated alkanes) is 33. The molecule has 0 aromatic heterocycles. The molecule has 9 heteroatoms. The first-order valence-corrected chi connectivity index (χ1v) is 26.4. The number of aliphatic hydroxyl groups excluding tert-OH is 5. The van der Waals surface area contributed by atoms with Crippen molar-refractivity contribution in [1.82, 2.24) is 5.32 Å². The van der Waals surface area contributed by atoms with Gasteiger partial charge in [-0.1, -0.05) is 225 Å². The Bertz CT molecular complexity index is 966. The highest BCUT2D eigenvalue weighted by Crippen LogP contribution is 2.23. The maximum absolute atomic E-state index is 13.0. The van der Waals surface area contributed by atoms with E-state index >= 15 is 0 Å². The highest BCUT2D eigenvalue weighted by atomic mass is 16.7. The Morgan fingerprint density at radius 3 is 1.33 bits per heavy atom. The Morgan fingerprint density at radius 2 is 0.918 bits per heavy atom. The van der Waals surface area contributed by atoms with Crippen LogP contribution in [0.4, 0.5) is 0 Å². The largest absolute Gasteiger partial charge is 0.394 e. The monoisotopic (exact) mass is 868 g/mol. The Labute approximate surface area is 376 Å². The fourth-order valence-corrected chi connectivity index (χ4v) is 8.63. The van der Waals surface area contributed by atoms with Gasteiger partial charge in [0.1, 0.15) is 24.4 Å². The minimum Gasteiger partial charge on any atom is -0.394 e. The summed E-state index contributed by atoms with van der Waals surface area (Å²) < 4.78 is 11.3. The average molecular weight is 868 g/mol. The van der Waals surface area contributed by atoms with Crippen LogP contribution >= 0.6 is 0 Å². The third-order valence-electron chi connectivity index (χ3n) is 12.9. The van der Waals surface area contributed by atoms with Gasteiger partial charge in [0, 0.05) is 6.42 Å². The first-order chi connectivity index (χ1) is 29.8. The van der Waals surface area contributed by atoms with Gasteiger partial charge in [-0.05, 0) is 38.5 Å². The molecule has 0 aromatic rings. The van der Waals surface area contributed by atoms with Crippen LogP contribution in [0.2, 0.25) is 0 Å². The average Bonchev–Trinajstić information content (AvgIpc) is 3.26. The van der Waals surface area contributed by atoms with Crippen molar-refractivity contribution in [1.29, 1.82) is 0 Å². The molecule has 9 nitrogen and oxygen atoms in total. The summed E-state index contributed by atoms with van der Waals surface area (Å²) in [5, 5.41) is 54.5. The molecule has 1 aliphatic rings. The van der Waals surface area contributed by atoms with Crippen molar-refractivity contribution in [2.45, 2.75) is 301 Å². The standard InChI is InChI=1S/C52H101NO8/c1-3-5-7-9-11-13-15-17-19-20-21-22-23-24-25-26-27-28-30-32-34-36-38-40-42-48(56)53-45(44-60-52-51(59)50(58)49(57)47(43-54)61-52)46(55)41-39-37-35-33-31-29-18-16-14-12-10-8-6-4-2/h24-25,45-47,49-52,54-55,57-59H,3-23,26-44H2,1-2H3,(H,53,56)/b25-24-. The van der Waals surface area contributed by atoms with E-state index in [1.165, 1.54) is 193 Å². The number of amides is 1. The van der Waals surface area contributed by atoms with Gasteiger partial charge in [-0.25, -0.2) is 0 Å². The number of aliphatic hydroxyl groups is 5. The second-order valence-corrected chi connectivity index (χ2v) is 18.7. The molecular formula is C52H101NO8. The summed E-state index contributed by atoms with van der Waals surface area (Å²) >= 11 is 0. The van der Waals surface area contributed by atoms with Crippen LogP contribution in [0.1, 0.15) is 258 Å². The molecule has 1 amide bonds. The van der Waals surface area contributed by atoms with Crippen molar-refractivity contribution in [3.8, 4) is 0 Å². The molecule has 6 N–H and O–H groups in total. The van der Waals surface area contributed by atoms with Crippen molar-refractivity contribution in [3.05, 3.63) is 12.2 Å². The van der Waals surface area contributed by atoms with E-state index in [1.54, 1.807) is 0 Å². The lowest BCUT2D eigenvalue weighted by atomic mass is 9.99. The second-order valence-electron chi connectivity index (χ2n) is 18.7. The fourth-order valence-electron chi connectivity index (χ4n) is 8.63. The summed E-state index contributed by atoms with van der Waals surface area (Å²) in [6, 6.07) is -0.717. The van der Waals surface area contributed by atoms with Crippen molar-refractivity contribution in [3.63, 3.8) is 0 Å². The van der Waals surface area contributed by atoms with Crippen molar-refractivity contribution in [2.24, 2.45) is 0 Å². The molecule has 0 aliphatic carbocycles. The molecule has 1 aliphatic heterocycles. The minimum atomic E-state index is -1.55. The molecule has 61 heavy (non-hydrogen) atoms. The Kier molecular flexibility index (Phi) is 40.7. The molecule has 1 saturated heterocycles. The Balaban J connectivity index is 2.22. The van der Waals surface area contributed by atoms with E-state index < -0.39 is 49.5 Å². The summed E-state index contributed by atoms with van der Waals surface area (Å²) in [6.07, 6.45) is 43.7. The van der Waals surface area contributed by atoms with Gasteiger partial charge in [0.2, 0.25) is 5.91 Å². The number of carbonyl (C=O) groups is 1. The summed E-state index contributed by atoms with van der Waals surface area (Å²) in [7, 11) is 0. The second kappa shape index (κ2) is 42.9. The predicted molar refractivity (Wildman–Crippen MR) is 254 cm³/mol. The van der Waals surface area contributed by atoms with Crippen LogP contribution in [0.25, 0.3) is 0 Å². The van der Waals surface area contributed by atoms with E-state index in [2.05, 4.69) is 31.3 Å². The molecule has 7 unspecified atom stereocenters. The maximum Gasteiger partial charge on any atom is 0.220 e. The molecule has 0 radical (unpaired) electrons. The van der Waals surface area contributed by atoms with E-state index in [9.17, 15) is 30.3 Å². The van der Waals surface area contributed by atoms with Gasteiger partial charge in [0.15, 0.2) is 6.29 Å². The van der Waals surface area contributed by atoms with Crippen LogP contribution in [0, 0.1) is 0 Å². The number of ether oxygens (including phenoxy) is 2. The molecule has 0 aromatic carbocycles. The lowest BCUT2D eigenvalue weighted by Crippen LogP contribution is -2.60. The molecule has 1 heterocycles. The summed E-state index contributed by atoms with van der Waals surface area (Å²) in [6.45, 7) is 3.86. The van der Waals surface area contributed by atoms with Gasteiger partial charge in [0.05, 0.1) is 25.4 Å². The summed E-state index contributed by atoms with van der Waals surface area (Å²) in [5.41, 5.74) is 0. The number of hydrogen-bond acceptors (Lipinski definition) is 8. The van der Waals surface area contributed by atoms with Crippen LogP contribution < -0.4 is 5.32 Å². The normalized spacial score (nSPS) is 20.4.